The molecule has 2 fully saturated rings. The molecule has 11 aromatic rings. The zero-order chi connectivity index (χ0) is 65.1. The molecular weight excluding hydrogens is 1210 g/mol. The van der Waals surface area contributed by atoms with Crippen LogP contribution in [0.4, 0.5) is 0 Å². The van der Waals surface area contributed by atoms with E-state index in [1.54, 1.807) is 59.8 Å². The van der Waals surface area contributed by atoms with Gasteiger partial charge in [0, 0.05) is 91.1 Å². The Morgan fingerprint density at radius 1 is 0.473 bits per heavy atom. The normalized spacial score (nSPS) is 14.0. The fraction of sp³-hybridized carbons (Fsp3) is 0.270. The van der Waals surface area contributed by atoms with Crippen molar-refractivity contribution < 1.29 is 39.2 Å². The summed E-state index contributed by atoms with van der Waals surface area (Å²) in [6, 6.07) is 47.4. The quantitative estimate of drug-likeness (QED) is 0.0692. The average molecular weight is 1290 g/mol. The number of fused-ring (bicyclic) bond motifs is 3. The number of aromatic nitrogens is 6. The lowest BCUT2D eigenvalue weighted by Crippen LogP contribution is -2.33. The Morgan fingerprint density at radius 2 is 0.882 bits per heavy atom. The van der Waals surface area contributed by atoms with Crippen molar-refractivity contribution in [3.8, 4) is 23.0 Å². The van der Waals surface area contributed by atoms with Gasteiger partial charge in [-0.2, -0.15) is 0 Å². The second-order valence-electron chi connectivity index (χ2n) is 24.3. The Morgan fingerprint density at radius 3 is 1.32 bits per heavy atom. The Balaban J connectivity index is 0.000000143. The van der Waals surface area contributed by atoms with E-state index in [0.29, 0.717) is 51.8 Å². The highest BCUT2D eigenvalue weighted by Gasteiger charge is 2.24. The van der Waals surface area contributed by atoms with E-state index in [9.17, 15) is 29.7 Å². The highest BCUT2D eigenvalue weighted by molar-refractivity contribution is 6.31. The van der Waals surface area contributed by atoms with Gasteiger partial charge in [-0.25, -0.2) is 29.3 Å². The summed E-state index contributed by atoms with van der Waals surface area (Å²) >= 11 is 12.5. The van der Waals surface area contributed by atoms with Crippen LogP contribution in [0.5, 0.6) is 23.0 Å². The molecule has 5 aromatic carbocycles. The first-order chi connectivity index (χ1) is 44.9. The summed E-state index contributed by atoms with van der Waals surface area (Å²) in [5, 5.41) is 30.0. The molecular formula is C74H75Cl2N9O8. The molecule has 0 bridgehead atoms. The van der Waals surface area contributed by atoms with Gasteiger partial charge in [-0.15, -0.1) is 0 Å². The zero-order valence-corrected chi connectivity index (χ0v) is 54.1. The fourth-order valence-electron chi connectivity index (χ4n) is 12.5. The number of pyridine rings is 3. The van der Waals surface area contributed by atoms with Crippen LogP contribution in [0, 0.1) is 20.8 Å². The van der Waals surface area contributed by atoms with Gasteiger partial charge in [0.25, 0.3) is 0 Å². The van der Waals surface area contributed by atoms with Gasteiger partial charge in [0.05, 0.1) is 0 Å². The number of nitrogens with zero attached hydrogens (tertiary/aromatic N) is 9. The number of hydrogen-bond acceptors (Lipinski definition) is 11. The highest BCUT2D eigenvalue weighted by atomic mass is 35.5. The van der Waals surface area contributed by atoms with Crippen LogP contribution in [0.3, 0.4) is 0 Å². The van der Waals surface area contributed by atoms with E-state index in [4.69, 9.17) is 32.7 Å². The molecule has 0 saturated carbocycles. The van der Waals surface area contributed by atoms with Crippen LogP contribution in [0.15, 0.2) is 183 Å². The van der Waals surface area contributed by atoms with E-state index < -0.39 is 17.9 Å². The molecule has 0 unspecified atom stereocenters. The lowest BCUT2D eigenvalue weighted by Gasteiger charge is -2.32. The van der Waals surface area contributed by atoms with E-state index in [1.807, 2.05) is 54.6 Å². The first-order valence-corrected chi connectivity index (χ1v) is 32.0. The molecule has 93 heavy (non-hydrogen) atoms. The average Bonchev–Trinajstić information content (AvgIpc) is 1.86. The maximum Gasteiger partial charge on any atom is 0.353 e. The molecule has 0 atom stereocenters. The molecule has 8 heterocycles. The Labute approximate surface area is 550 Å². The highest BCUT2D eigenvalue weighted by Crippen LogP contribution is 2.34. The summed E-state index contributed by atoms with van der Waals surface area (Å²) < 4.78 is 16.5. The van der Waals surface area contributed by atoms with Gasteiger partial charge in [0.1, 0.15) is 57.0 Å². The summed E-state index contributed by atoms with van der Waals surface area (Å²) in [5.74, 6) is 0.356. The molecule has 0 amide bonds. The number of carbonyl (C=O) groups is 3. The van der Waals surface area contributed by atoms with Gasteiger partial charge in [0.2, 0.25) is 0 Å². The van der Waals surface area contributed by atoms with Gasteiger partial charge in [-0.1, -0.05) is 89.4 Å². The maximum atomic E-state index is 11.6. The Kier molecular flexibility index (Phi) is 21.0. The summed E-state index contributed by atoms with van der Waals surface area (Å²) in [6.45, 7) is 14.2. The van der Waals surface area contributed by atoms with Gasteiger partial charge in [-0.05, 0) is 216 Å². The minimum Gasteiger partial charge on any atom is -0.477 e. The van der Waals surface area contributed by atoms with E-state index in [1.165, 1.54) is 65.4 Å². The first kappa shape index (κ1) is 65.1. The van der Waals surface area contributed by atoms with Crippen LogP contribution in [-0.4, -0.2) is 116 Å². The zero-order valence-electron chi connectivity index (χ0n) is 52.5. The molecule has 13 rings (SSSR count). The number of aryl methyl sites for hydroxylation is 4. The minimum absolute atomic E-state index is 0.106. The van der Waals surface area contributed by atoms with Gasteiger partial charge >= 0.3 is 17.9 Å². The third kappa shape index (κ3) is 17.2. The van der Waals surface area contributed by atoms with Crippen LogP contribution >= 0.6 is 23.2 Å². The van der Waals surface area contributed by atoms with Crippen LogP contribution in [-0.2, 0) is 26.1 Å². The first-order valence-electron chi connectivity index (χ1n) is 31.3. The largest absolute Gasteiger partial charge is 0.477 e. The number of piperidine rings is 2. The van der Waals surface area contributed by atoms with Gasteiger partial charge in [0.15, 0.2) is 0 Å². The molecule has 0 aliphatic carbocycles. The van der Waals surface area contributed by atoms with E-state index in [0.717, 1.165) is 106 Å². The second-order valence-corrected chi connectivity index (χ2v) is 25.2. The predicted molar refractivity (Wildman–Crippen MR) is 362 cm³/mol. The number of halogens is 2. The number of rotatable bonds is 19. The molecule has 19 heteroatoms. The van der Waals surface area contributed by atoms with Gasteiger partial charge < -0.3 is 29.7 Å². The number of imidazole rings is 3. The second kappa shape index (κ2) is 29.9. The number of ether oxygens (including phenoxy) is 2. The molecule has 478 valence electrons. The third-order valence-corrected chi connectivity index (χ3v) is 17.6. The number of carboxylic acid groups (broad SMARTS) is 3. The standard InChI is InChI=1S/C27H26ClN3O3.C24H23N3O3.C23H26ClN3O2/c1-18-12-21(14-22(28)13-18)20-6-9-30(10-7-20)17-19-2-4-23(5-3-19)34-24-15-25(27(32)33)31-11-8-29-26(31)16-24;1-17-3-5-18(6-4-17)15-26(2)16-19-7-9-20(10-8-19)30-21-13-22(24(28)29)27-12-11-25-23(27)14-21;1-16-11-19(15-20(24)12-16)18-4-8-26(9-5-18)7-2-3-17-13-21(23(28)29)27-10-6-25-22(27)14-17/h2-5,8,11-16,20H,6-7,9-10,17H2,1H3,(H,32,33);3-14H,15-16H2,1-2H3,(H,28,29);6,10-15,18H,2-5,7-9H2,1H3,(H,28,29). The van der Waals surface area contributed by atoms with Gasteiger partial charge in [-0.3, -0.25) is 23.0 Å². The number of carboxylic acids is 3. The minimum atomic E-state index is -1.03. The fourth-order valence-corrected chi connectivity index (χ4v) is 13.1. The van der Waals surface area contributed by atoms with Crippen molar-refractivity contribution in [2.24, 2.45) is 0 Å². The maximum absolute atomic E-state index is 11.6. The van der Waals surface area contributed by atoms with Crippen molar-refractivity contribution in [1.29, 1.82) is 0 Å². The Hall–Kier alpha value is -9.36. The SMILES string of the molecule is Cc1cc(Cl)cc(C2CCN(CCCc3cc(C(=O)O)n4ccnc4c3)CC2)c1.Cc1cc(Cl)cc(C2CCN(Cc3ccc(Oc4cc(C(=O)O)n5ccnc5c4)cc3)CC2)c1.Cc1ccc(CN(C)Cc2ccc(Oc3cc(C(=O)O)n4ccnc4c3)cc2)cc1. The van der Waals surface area contributed by atoms with E-state index >= 15 is 0 Å². The number of benzene rings is 5. The summed E-state index contributed by atoms with van der Waals surface area (Å²) in [6.07, 6.45) is 16.1. The van der Waals surface area contributed by atoms with Crippen molar-refractivity contribution in [2.45, 2.75) is 90.8 Å². The lowest BCUT2D eigenvalue weighted by atomic mass is 9.88. The molecule has 0 radical (unpaired) electrons. The monoisotopic (exact) mass is 1290 g/mol. The van der Waals surface area contributed by atoms with Crippen molar-refractivity contribution in [3.63, 3.8) is 0 Å². The van der Waals surface area contributed by atoms with E-state index in [2.05, 4.69) is 118 Å². The summed E-state index contributed by atoms with van der Waals surface area (Å²) in [7, 11) is 2.09. The number of aromatic carboxylic acids is 3. The molecule has 17 nitrogen and oxygen atoms in total. The van der Waals surface area contributed by atoms with Crippen molar-refractivity contribution in [1.82, 2.24) is 42.9 Å². The Bertz CT molecular complexity index is 4360. The number of hydrogen-bond donors (Lipinski definition) is 3. The molecule has 6 aromatic heterocycles. The van der Waals surface area contributed by atoms with E-state index in [-0.39, 0.29) is 17.1 Å². The molecule has 2 aliphatic heterocycles. The van der Waals surface area contributed by atoms with Crippen LogP contribution in [0.1, 0.15) is 125 Å². The topological polar surface area (TPSA) is 192 Å². The molecule has 3 N–H and O–H groups in total. The summed E-state index contributed by atoms with van der Waals surface area (Å²) in [4.78, 5) is 54.4. The van der Waals surface area contributed by atoms with Crippen molar-refractivity contribution in [3.05, 3.63) is 260 Å². The van der Waals surface area contributed by atoms with Crippen molar-refractivity contribution >= 4 is 58.1 Å². The smallest absolute Gasteiger partial charge is 0.353 e. The molecule has 2 saturated heterocycles. The summed E-state index contributed by atoms with van der Waals surface area (Å²) in [5.41, 5.74) is 13.4. The molecule has 0 spiro atoms. The number of likely N-dealkylation sites (tertiary alicyclic amines) is 2. The van der Waals surface area contributed by atoms with Crippen LogP contribution in [0.2, 0.25) is 10.0 Å². The predicted octanol–water partition coefficient (Wildman–Crippen LogP) is 15.7. The lowest BCUT2D eigenvalue weighted by molar-refractivity contribution is 0.0678. The third-order valence-electron chi connectivity index (χ3n) is 17.1. The molecule has 2 aliphatic rings. The van der Waals surface area contributed by atoms with Crippen molar-refractivity contribution in [2.75, 3.05) is 39.8 Å². The van der Waals surface area contributed by atoms with Crippen LogP contribution < -0.4 is 9.47 Å². The van der Waals surface area contributed by atoms with Crippen LogP contribution in [0.25, 0.3) is 16.9 Å².